The summed E-state index contributed by atoms with van der Waals surface area (Å²) in [6.07, 6.45) is 7.60. The Balaban J connectivity index is 0.00000128. The topological polar surface area (TPSA) is 68.3 Å². The predicted octanol–water partition coefficient (Wildman–Crippen LogP) is 3.56. The second-order valence-corrected chi connectivity index (χ2v) is 6.55. The van der Waals surface area contributed by atoms with Crippen molar-refractivity contribution in [1.82, 2.24) is 0 Å². The first kappa shape index (κ1) is 22.0. The third kappa shape index (κ3) is 2.79. The third-order valence-corrected chi connectivity index (χ3v) is 5.34. The Morgan fingerprint density at radius 3 is 0.833 bits per heavy atom. The van der Waals surface area contributed by atoms with Crippen LogP contribution in [0.1, 0.15) is 22.3 Å². The minimum absolute atomic E-state index is 0. The molecule has 6 heteroatoms. The predicted molar refractivity (Wildman–Crippen MR) is 107 cm³/mol. The summed E-state index contributed by atoms with van der Waals surface area (Å²) in [6.45, 7) is 0. The van der Waals surface area contributed by atoms with Gasteiger partial charge in [0.15, 0.2) is 0 Å². The summed E-state index contributed by atoms with van der Waals surface area (Å²) in [4.78, 5) is 45.9. The van der Waals surface area contributed by atoms with Gasteiger partial charge in [0.25, 0.3) is 0 Å². The van der Waals surface area contributed by atoms with Gasteiger partial charge < -0.3 is 19.2 Å². The van der Waals surface area contributed by atoms with Gasteiger partial charge in [0.1, 0.15) is 0 Å². The summed E-state index contributed by atoms with van der Waals surface area (Å²) >= 11 is 0. The summed E-state index contributed by atoms with van der Waals surface area (Å²) in [5.41, 5.74) is 1.15. The van der Waals surface area contributed by atoms with Crippen molar-refractivity contribution in [2.75, 3.05) is 0 Å². The van der Waals surface area contributed by atoms with Crippen LogP contribution in [0.25, 0.3) is 43.1 Å². The van der Waals surface area contributed by atoms with Crippen LogP contribution in [0.4, 0.5) is 0 Å². The van der Waals surface area contributed by atoms with Crippen molar-refractivity contribution in [3.8, 4) is 0 Å². The van der Waals surface area contributed by atoms with Crippen LogP contribution in [0.5, 0.6) is 0 Å². The zero-order valence-corrected chi connectivity index (χ0v) is 19.4. The fraction of sp³-hybridized carbons (Fsp3) is 0. The van der Waals surface area contributed by atoms with Crippen molar-refractivity contribution in [3.05, 3.63) is 70.8 Å². The quantitative estimate of drug-likeness (QED) is 0.181. The Morgan fingerprint density at radius 1 is 0.400 bits per heavy atom. The minimum Gasteiger partial charge on any atom is -0.376 e. The first-order chi connectivity index (χ1) is 13.7. The maximum atomic E-state index is 11.5. The molecule has 0 unspecified atom stereocenters. The standard InChI is InChI=1S/C24H8O4.V.W/c25-9-13-1-5-17-18-6-3-15(11-27)22-16(12-28)4-8-20(24(18)22)19-7-2-14(10-26)21(13)23(17)19;;/h1-8H;;/q-4;2*+2. The van der Waals surface area contributed by atoms with Gasteiger partial charge in [-0.2, -0.15) is 24.3 Å². The van der Waals surface area contributed by atoms with E-state index < -0.39 is 0 Å². The maximum absolute atomic E-state index is 11.5. The average Bonchev–Trinajstić information content (AvgIpc) is 2.76. The van der Waals surface area contributed by atoms with Crippen molar-refractivity contribution in [1.29, 1.82) is 0 Å². The van der Waals surface area contributed by atoms with Crippen LogP contribution in [-0.2, 0) is 58.8 Å². The van der Waals surface area contributed by atoms with E-state index in [9.17, 15) is 19.2 Å². The van der Waals surface area contributed by atoms with Crippen LogP contribution in [0, 0.1) is 0 Å². The molecule has 5 aromatic carbocycles. The molecule has 139 valence electrons. The number of fused-ring (bicyclic) bond motifs is 2. The molecule has 5 rings (SSSR count). The fourth-order valence-electron chi connectivity index (χ4n) is 4.23. The monoisotopic (exact) mass is 595 g/mol. The number of hydrogen-bond acceptors (Lipinski definition) is 4. The van der Waals surface area contributed by atoms with E-state index in [1.807, 2.05) is 25.1 Å². The van der Waals surface area contributed by atoms with Crippen LogP contribution >= 0.6 is 0 Å². The summed E-state index contributed by atoms with van der Waals surface area (Å²) in [5, 5.41) is 5.71. The van der Waals surface area contributed by atoms with Gasteiger partial charge in [-0.3, -0.25) is 0 Å². The van der Waals surface area contributed by atoms with E-state index in [2.05, 4.69) is 0 Å². The molecule has 0 amide bonds. The van der Waals surface area contributed by atoms with Gasteiger partial charge in [0.2, 0.25) is 0 Å². The molecule has 0 aromatic heterocycles. The Morgan fingerprint density at radius 2 is 0.633 bits per heavy atom. The molecule has 0 saturated heterocycles. The molecule has 0 atom stereocenters. The van der Waals surface area contributed by atoms with E-state index in [0.29, 0.717) is 10.8 Å². The summed E-state index contributed by atoms with van der Waals surface area (Å²) in [5.74, 6) is 0. The van der Waals surface area contributed by atoms with E-state index in [1.54, 1.807) is 48.5 Å². The summed E-state index contributed by atoms with van der Waals surface area (Å²) in [7, 11) is 0. The van der Waals surface area contributed by atoms with Crippen molar-refractivity contribution in [2.45, 2.75) is 0 Å². The normalized spacial score (nSPS) is 10.7. The van der Waals surface area contributed by atoms with Crippen LogP contribution < -0.4 is 0 Å². The Labute approximate surface area is 197 Å². The molecule has 30 heavy (non-hydrogen) atoms. The summed E-state index contributed by atoms with van der Waals surface area (Å²) < 4.78 is 0. The Kier molecular flexibility index (Phi) is 6.05. The molecule has 0 aliphatic heterocycles. The number of benzene rings is 5. The average molecular weight is 595 g/mol. The van der Waals surface area contributed by atoms with Gasteiger partial charge in [-0.15, -0.1) is 57.3 Å². The molecule has 5 aromatic rings. The van der Waals surface area contributed by atoms with E-state index in [0.717, 1.165) is 32.3 Å². The van der Waals surface area contributed by atoms with Crippen molar-refractivity contribution in [3.63, 3.8) is 0 Å². The molecule has 0 fully saturated rings. The molecule has 0 heterocycles. The Hall–Kier alpha value is -2.65. The molecule has 1 radical (unpaired) electrons. The zero-order valence-electron chi connectivity index (χ0n) is 15.1. The van der Waals surface area contributed by atoms with E-state index >= 15 is 0 Å². The smallest absolute Gasteiger partial charge is 0.376 e. The van der Waals surface area contributed by atoms with E-state index in [4.69, 9.17) is 0 Å². The molecule has 0 aliphatic rings. The molecule has 4 nitrogen and oxygen atoms in total. The van der Waals surface area contributed by atoms with Crippen LogP contribution in [0.15, 0.2) is 48.5 Å². The van der Waals surface area contributed by atoms with E-state index in [-0.39, 0.29) is 61.9 Å². The van der Waals surface area contributed by atoms with Crippen molar-refractivity contribution in [2.24, 2.45) is 0 Å². The van der Waals surface area contributed by atoms with Gasteiger partial charge in [-0.25, -0.2) is 0 Å². The van der Waals surface area contributed by atoms with Gasteiger partial charge in [-0.05, 0) is 21.5 Å². The molecule has 0 aliphatic carbocycles. The third-order valence-electron chi connectivity index (χ3n) is 5.34. The van der Waals surface area contributed by atoms with Crippen LogP contribution in [-0.4, -0.2) is 25.1 Å². The van der Waals surface area contributed by atoms with E-state index in [1.165, 1.54) is 0 Å². The molecule has 0 saturated carbocycles. The van der Waals surface area contributed by atoms with Crippen molar-refractivity contribution >= 4 is 68.2 Å². The van der Waals surface area contributed by atoms with Crippen LogP contribution in [0.3, 0.4) is 0 Å². The van der Waals surface area contributed by atoms with Gasteiger partial charge in [0.05, 0.1) is 25.1 Å². The molecule has 0 bridgehead atoms. The minimum atomic E-state index is 0. The first-order valence-corrected chi connectivity index (χ1v) is 8.46. The van der Waals surface area contributed by atoms with Gasteiger partial charge in [-0.1, -0.05) is 10.8 Å². The van der Waals surface area contributed by atoms with Crippen molar-refractivity contribution < 1.29 is 58.8 Å². The number of carbonyl (C=O) groups excluding carboxylic acids is 4. The fourth-order valence-corrected chi connectivity index (χ4v) is 4.23. The molecule has 0 spiro atoms. The largest absolute Gasteiger partial charge is 2.00 e. The second-order valence-electron chi connectivity index (χ2n) is 6.55. The maximum Gasteiger partial charge on any atom is 2.00 e. The zero-order chi connectivity index (χ0) is 19.4. The molecule has 0 N–H and O–H groups in total. The first-order valence-electron chi connectivity index (χ1n) is 8.46. The molecular formula is C24H8O4VW. The second kappa shape index (κ2) is 8.24. The van der Waals surface area contributed by atoms with Crippen LogP contribution in [0.2, 0.25) is 0 Å². The Bertz CT molecular complexity index is 1270. The number of hydrogen-bond donors (Lipinski definition) is 0. The SMILES string of the molecule is O=[C-]c1ccc2c3ccc([C-]=O)c4c([C-]=O)ccc(c5ccc([C-]=O)c1c25)c43.[V+2].[W+2]. The van der Waals surface area contributed by atoms with Gasteiger partial charge in [0, 0.05) is 0 Å². The van der Waals surface area contributed by atoms with Gasteiger partial charge >= 0.3 is 39.6 Å². The molecular weight excluding hydrogens is 587 g/mol. The number of rotatable bonds is 4. The summed E-state index contributed by atoms with van der Waals surface area (Å²) in [6, 6.07) is 13.6.